The van der Waals surface area contributed by atoms with Gasteiger partial charge in [-0.25, -0.2) is 18.9 Å². The van der Waals surface area contributed by atoms with Crippen LogP contribution >= 0.6 is 0 Å². The van der Waals surface area contributed by atoms with Gasteiger partial charge in [0.05, 0.1) is 12.3 Å². The van der Waals surface area contributed by atoms with Gasteiger partial charge in [-0.15, -0.1) is 0 Å². The maximum absolute atomic E-state index is 14.5. The second-order valence-corrected chi connectivity index (χ2v) is 5.62. The van der Waals surface area contributed by atoms with Crippen molar-refractivity contribution in [2.24, 2.45) is 0 Å². The lowest BCUT2D eigenvalue weighted by Gasteiger charge is -2.10. The van der Waals surface area contributed by atoms with Crippen molar-refractivity contribution >= 4 is 5.97 Å². The van der Waals surface area contributed by atoms with Crippen molar-refractivity contribution in [3.63, 3.8) is 0 Å². The van der Waals surface area contributed by atoms with E-state index in [0.717, 1.165) is 11.1 Å². The summed E-state index contributed by atoms with van der Waals surface area (Å²) in [5, 5.41) is 4.09. The van der Waals surface area contributed by atoms with Crippen molar-refractivity contribution in [3.05, 3.63) is 77.1 Å². The summed E-state index contributed by atoms with van der Waals surface area (Å²) in [7, 11) is 0. The van der Waals surface area contributed by atoms with E-state index in [-0.39, 0.29) is 18.1 Å². The number of nitrogens with zero attached hydrogens (tertiary/aromatic N) is 3. The fourth-order valence-corrected chi connectivity index (χ4v) is 2.52. The lowest BCUT2D eigenvalue weighted by atomic mass is 10.0. The molecule has 0 atom stereocenters. The monoisotopic (exact) mass is 339 g/mol. The lowest BCUT2D eigenvalue weighted by molar-refractivity contribution is 0.0519. The fraction of sp³-hybridized carbons (Fsp3) is 0.211. The van der Waals surface area contributed by atoms with Gasteiger partial charge >= 0.3 is 5.97 Å². The number of hydrogen-bond acceptors (Lipinski definition) is 4. The normalized spacial score (nSPS) is 10.7. The number of esters is 1. The van der Waals surface area contributed by atoms with E-state index in [1.165, 1.54) is 6.07 Å². The highest BCUT2D eigenvalue weighted by Crippen LogP contribution is 2.19. The first-order valence-electron chi connectivity index (χ1n) is 7.99. The second-order valence-electron chi connectivity index (χ2n) is 5.62. The topological polar surface area (TPSA) is 57.0 Å². The Morgan fingerprint density at radius 2 is 2.12 bits per heavy atom. The van der Waals surface area contributed by atoms with Crippen LogP contribution in [0.3, 0.4) is 0 Å². The highest BCUT2D eigenvalue weighted by Gasteiger charge is 2.13. The van der Waals surface area contributed by atoms with Crippen molar-refractivity contribution in [1.82, 2.24) is 14.8 Å². The first kappa shape index (κ1) is 16.8. The molecule has 0 aliphatic rings. The fourth-order valence-electron chi connectivity index (χ4n) is 2.52. The molecule has 3 rings (SSSR count). The van der Waals surface area contributed by atoms with E-state index in [1.54, 1.807) is 48.4 Å². The van der Waals surface area contributed by atoms with E-state index in [2.05, 4.69) is 10.1 Å². The SMILES string of the molecule is CCOC(=O)c1cc(Cc2ccc(-n3cccn3)cc2F)c(C)cn1. The largest absolute Gasteiger partial charge is 0.461 e. The third-order valence-corrected chi connectivity index (χ3v) is 3.89. The van der Waals surface area contributed by atoms with Crippen LogP contribution < -0.4 is 0 Å². The summed E-state index contributed by atoms with van der Waals surface area (Å²) in [4.78, 5) is 15.9. The highest BCUT2D eigenvalue weighted by molar-refractivity contribution is 5.87. The van der Waals surface area contributed by atoms with Gasteiger partial charge in [0.1, 0.15) is 11.5 Å². The van der Waals surface area contributed by atoms with Crippen LogP contribution in [0.4, 0.5) is 4.39 Å². The Morgan fingerprint density at radius 3 is 2.80 bits per heavy atom. The van der Waals surface area contributed by atoms with Gasteiger partial charge in [0, 0.05) is 25.0 Å². The van der Waals surface area contributed by atoms with Crippen LogP contribution in [0.15, 0.2) is 48.9 Å². The number of rotatable bonds is 5. The van der Waals surface area contributed by atoms with Crippen molar-refractivity contribution in [1.29, 1.82) is 0 Å². The number of benzene rings is 1. The van der Waals surface area contributed by atoms with Gasteiger partial charge in [-0.2, -0.15) is 5.10 Å². The van der Waals surface area contributed by atoms with Gasteiger partial charge < -0.3 is 4.74 Å². The Morgan fingerprint density at radius 1 is 1.28 bits per heavy atom. The zero-order valence-corrected chi connectivity index (χ0v) is 14.1. The molecule has 0 aliphatic heterocycles. The third kappa shape index (κ3) is 3.74. The summed E-state index contributed by atoms with van der Waals surface area (Å²) in [6.07, 6.45) is 5.37. The molecule has 0 radical (unpaired) electrons. The van der Waals surface area contributed by atoms with Gasteiger partial charge in [-0.05, 0) is 54.8 Å². The highest BCUT2D eigenvalue weighted by atomic mass is 19.1. The van der Waals surface area contributed by atoms with Crippen LogP contribution in [-0.2, 0) is 11.2 Å². The average molecular weight is 339 g/mol. The first-order chi connectivity index (χ1) is 12.1. The number of pyridine rings is 1. The molecule has 0 unspecified atom stereocenters. The van der Waals surface area contributed by atoms with Crippen molar-refractivity contribution < 1.29 is 13.9 Å². The lowest BCUT2D eigenvalue weighted by Crippen LogP contribution is -2.09. The number of halogens is 1. The van der Waals surface area contributed by atoms with Crippen molar-refractivity contribution in [2.45, 2.75) is 20.3 Å². The summed E-state index contributed by atoms with van der Waals surface area (Å²) < 4.78 is 21.1. The molecular weight excluding hydrogens is 321 g/mol. The molecule has 0 N–H and O–H groups in total. The summed E-state index contributed by atoms with van der Waals surface area (Å²) >= 11 is 0. The van der Waals surface area contributed by atoms with Gasteiger partial charge in [0.15, 0.2) is 0 Å². The molecule has 25 heavy (non-hydrogen) atoms. The number of carbonyl (C=O) groups excluding carboxylic acids is 1. The first-order valence-corrected chi connectivity index (χ1v) is 7.99. The van der Waals surface area contributed by atoms with Crippen LogP contribution in [0.1, 0.15) is 34.1 Å². The summed E-state index contributed by atoms with van der Waals surface area (Å²) in [5.74, 6) is -0.792. The minimum atomic E-state index is -0.474. The van der Waals surface area contributed by atoms with Crippen LogP contribution in [0.25, 0.3) is 5.69 Å². The molecule has 6 heteroatoms. The average Bonchev–Trinajstić information content (AvgIpc) is 3.13. The molecule has 0 saturated carbocycles. The zero-order valence-electron chi connectivity index (χ0n) is 14.1. The molecule has 5 nitrogen and oxygen atoms in total. The zero-order chi connectivity index (χ0) is 17.8. The maximum atomic E-state index is 14.5. The molecule has 1 aromatic carbocycles. The molecule has 0 fully saturated rings. The quantitative estimate of drug-likeness (QED) is 0.668. The molecule has 0 aliphatic carbocycles. The number of aryl methyl sites for hydroxylation is 1. The van der Waals surface area contributed by atoms with Crippen LogP contribution in [0, 0.1) is 12.7 Å². The maximum Gasteiger partial charge on any atom is 0.356 e. The van der Waals surface area contributed by atoms with E-state index in [9.17, 15) is 9.18 Å². The van der Waals surface area contributed by atoms with E-state index >= 15 is 0 Å². The van der Waals surface area contributed by atoms with E-state index in [1.807, 2.05) is 13.0 Å². The van der Waals surface area contributed by atoms with Gasteiger partial charge in [0.25, 0.3) is 0 Å². The standard InChI is InChI=1S/C19H18FN3O2/c1-3-25-19(24)18-10-15(13(2)12-21-18)9-14-5-6-16(11-17(14)20)23-8-4-7-22-23/h4-8,10-12H,3,9H2,1-2H3. The molecule has 0 amide bonds. The van der Waals surface area contributed by atoms with Gasteiger partial charge in [-0.3, -0.25) is 0 Å². The van der Waals surface area contributed by atoms with Crippen LogP contribution in [0.2, 0.25) is 0 Å². The second kappa shape index (κ2) is 7.25. The van der Waals surface area contributed by atoms with E-state index < -0.39 is 5.97 Å². The summed E-state index contributed by atoms with van der Waals surface area (Å²) in [5.41, 5.74) is 3.16. The van der Waals surface area contributed by atoms with Crippen LogP contribution in [-0.4, -0.2) is 27.3 Å². The minimum Gasteiger partial charge on any atom is -0.461 e. The minimum absolute atomic E-state index is 0.232. The van der Waals surface area contributed by atoms with Crippen LogP contribution in [0.5, 0.6) is 0 Å². The molecule has 0 spiro atoms. The Bertz CT molecular complexity index is 892. The molecule has 3 aromatic rings. The molecule has 0 saturated heterocycles. The molecular formula is C19H18FN3O2. The number of ether oxygens (including phenoxy) is 1. The Hall–Kier alpha value is -3.02. The Balaban J connectivity index is 1.87. The smallest absolute Gasteiger partial charge is 0.356 e. The van der Waals surface area contributed by atoms with Crippen molar-refractivity contribution in [2.75, 3.05) is 6.61 Å². The molecule has 2 aromatic heterocycles. The number of carbonyl (C=O) groups is 1. The summed E-state index contributed by atoms with van der Waals surface area (Å²) in [6.45, 7) is 3.91. The molecule has 0 bridgehead atoms. The predicted molar refractivity (Wildman–Crippen MR) is 91.3 cm³/mol. The molecule has 128 valence electrons. The summed E-state index contributed by atoms with van der Waals surface area (Å²) in [6, 6.07) is 8.44. The third-order valence-electron chi connectivity index (χ3n) is 3.89. The van der Waals surface area contributed by atoms with E-state index in [4.69, 9.17) is 4.74 Å². The van der Waals surface area contributed by atoms with Gasteiger partial charge in [0.2, 0.25) is 0 Å². The predicted octanol–water partition coefficient (Wildman–Crippen LogP) is 3.48. The number of aromatic nitrogens is 3. The number of hydrogen-bond donors (Lipinski definition) is 0. The van der Waals surface area contributed by atoms with Gasteiger partial charge in [-0.1, -0.05) is 6.07 Å². The van der Waals surface area contributed by atoms with E-state index in [0.29, 0.717) is 17.7 Å². The Labute approximate surface area is 145 Å². The Kier molecular flexibility index (Phi) is 4.88. The molecule has 2 heterocycles. The van der Waals surface area contributed by atoms with Crippen molar-refractivity contribution in [3.8, 4) is 5.69 Å².